The molecule has 0 fully saturated rings. The molecule has 2 aliphatic heterocycles. The second kappa shape index (κ2) is 28.1. The van der Waals surface area contributed by atoms with Gasteiger partial charge < -0.3 is 50.5 Å². The Labute approximate surface area is 533 Å². The van der Waals surface area contributed by atoms with E-state index in [4.69, 9.17) is 9.47 Å². The average molecular weight is 1240 g/mol. The van der Waals surface area contributed by atoms with E-state index in [0.717, 1.165) is 43.8 Å². The van der Waals surface area contributed by atoms with E-state index < -0.39 is 35.0 Å². The second-order valence-electron chi connectivity index (χ2n) is 24.7. The van der Waals surface area contributed by atoms with E-state index >= 15 is 9.59 Å². The van der Waals surface area contributed by atoms with Gasteiger partial charge in [-0.05, 0) is 132 Å². The van der Waals surface area contributed by atoms with Gasteiger partial charge in [0, 0.05) is 82.9 Å². The highest BCUT2D eigenvalue weighted by molar-refractivity contribution is 6.04. The van der Waals surface area contributed by atoms with Crippen LogP contribution in [0, 0.1) is 35.3 Å². The molecule has 474 valence electrons. The minimum absolute atomic E-state index is 0.0120. The van der Waals surface area contributed by atoms with E-state index in [2.05, 4.69) is 54.9 Å². The summed E-state index contributed by atoms with van der Waals surface area (Å²) in [6.45, 7) is 12.1. The number of rotatable bonds is 22. The molecule has 16 nitrogen and oxygen atoms in total. The van der Waals surface area contributed by atoms with Gasteiger partial charge >= 0.3 is 0 Å². The van der Waals surface area contributed by atoms with Crippen LogP contribution in [0.2, 0.25) is 0 Å². The molecular weight excluding hydrogens is 1170 g/mol. The lowest BCUT2D eigenvalue weighted by Gasteiger charge is -2.28. The predicted octanol–water partition coefficient (Wildman–Crippen LogP) is 8.99. The molecule has 18 heteroatoms. The van der Waals surface area contributed by atoms with Crippen molar-refractivity contribution in [1.82, 2.24) is 31.2 Å². The Hall–Kier alpha value is -9.88. The average Bonchev–Trinajstić information content (AvgIpc) is 1.59. The highest BCUT2D eigenvalue weighted by atomic mass is 19.1. The largest absolute Gasteiger partial charge is 0.480 e. The first-order valence-electron chi connectivity index (χ1n) is 31.0. The zero-order chi connectivity index (χ0) is 65.4. The molecule has 4 heterocycles. The summed E-state index contributed by atoms with van der Waals surface area (Å²) >= 11 is 0. The number of carbonyl (C=O) groups excluding carboxylic acids is 4. The van der Waals surface area contributed by atoms with Crippen LogP contribution in [0.15, 0.2) is 143 Å². The number of hydrogen-bond donors (Lipinski definition) is 6. The lowest BCUT2D eigenvalue weighted by molar-refractivity contribution is -0.128. The number of aromatic amines is 2. The van der Waals surface area contributed by atoms with E-state index in [1.807, 2.05) is 114 Å². The Morgan fingerprint density at radius 3 is 1.25 bits per heavy atom. The van der Waals surface area contributed by atoms with Gasteiger partial charge in [0.15, 0.2) is 0 Å². The molecule has 92 heavy (non-hydrogen) atoms. The number of H-pyrrole nitrogens is 2. The third-order valence-electron chi connectivity index (χ3n) is 17.4. The van der Waals surface area contributed by atoms with Crippen LogP contribution in [0.25, 0.3) is 21.5 Å². The fourth-order valence-electron chi connectivity index (χ4n) is 12.5. The first-order valence-corrected chi connectivity index (χ1v) is 31.0. The Bertz CT molecular complexity index is 4080. The Kier molecular flexibility index (Phi) is 19.9. The first kappa shape index (κ1) is 65.1. The predicted molar refractivity (Wildman–Crippen MR) is 355 cm³/mol. The van der Waals surface area contributed by atoms with Crippen molar-refractivity contribution in [1.29, 1.82) is 0 Å². The fraction of sp³-hybridized carbons (Fsp3) is 0.324. The number of likely N-dealkylation sites (N-methyl/N-ethyl adjacent to an activating group) is 2. The minimum Gasteiger partial charge on any atom is -0.480 e. The molecule has 6 N–H and O–H groups in total. The van der Waals surface area contributed by atoms with Crippen molar-refractivity contribution in [2.75, 3.05) is 50.2 Å². The summed E-state index contributed by atoms with van der Waals surface area (Å²) in [6, 6.07) is 35.0. The van der Waals surface area contributed by atoms with E-state index in [9.17, 15) is 28.0 Å². The number of amides is 4. The Morgan fingerprint density at radius 2 is 0.891 bits per heavy atom. The lowest BCUT2D eigenvalue weighted by Crippen LogP contribution is -2.54. The number of anilines is 2. The Morgan fingerprint density at radius 1 is 0.522 bits per heavy atom. The summed E-state index contributed by atoms with van der Waals surface area (Å²) in [5.41, 5.74) is 4.41. The second-order valence-corrected chi connectivity index (χ2v) is 24.7. The van der Waals surface area contributed by atoms with Gasteiger partial charge in [-0.25, -0.2) is 8.78 Å². The number of ether oxygens (including phenoxy) is 2. The number of fused-ring (bicyclic) bond motifs is 4. The lowest BCUT2D eigenvalue weighted by atomic mass is 9.91. The van der Waals surface area contributed by atoms with Crippen LogP contribution in [-0.4, -0.2) is 98.2 Å². The van der Waals surface area contributed by atoms with Gasteiger partial charge in [0.25, 0.3) is 11.1 Å². The van der Waals surface area contributed by atoms with Gasteiger partial charge in [0.1, 0.15) is 48.4 Å². The number of benzene rings is 6. The van der Waals surface area contributed by atoms with Crippen molar-refractivity contribution >= 4 is 56.5 Å². The normalized spacial score (nSPS) is 14.8. The van der Waals surface area contributed by atoms with E-state index in [-0.39, 0.29) is 98.4 Å². The number of carbonyl (C=O) groups is 4. The number of aromatic nitrogens is 2. The summed E-state index contributed by atoms with van der Waals surface area (Å²) in [5, 5.41) is 15.4. The van der Waals surface area contributed by atoms with Crippen LogP contribution in [0.4, 0.5) is 20.2 Å². The SMILES string of the molecule is CC[C@H](NC)C(=O)N[C@@H](Cc1ccc(OCC#CC#CCOc2ccc(C[C@H](NC(=O)[C@H](CC)NC)C(=O)N3CC(C)(C)c4[nH]c(=O)c(Cc5ccc(F)cc5)cc43)c3ccccc23)c2ccccc12)C(=O)N1CC(C)(C)c2[nH]c(=O)c(Cc3ccc(F)cc3)cc21. The van der Waals surface area contributed by atoms with Gasteiger partial charge in [0.05, 0.1) is 23.5 Å². The smallest absolute Gasteiger partial charge is 0.251 e. The first-order chi connectivity index (χ1) is 44.2. The van der Waals surface area contributed by atoms with E-state index in [0.29, 0.717) is 58.2 Å². The monoisotopic (exact) mass is 1240 g/mol. The van der Waals surface area contributed by atoms with Crippen molar-refractivity contribution in [3.63, 3.8) is 0 Å². The zero-order valence-corrected chi connectivity index (χ0v) is 53.0. The van der Waals surface area contributed by atoms with Crippen molar-refractivity contribution in [2.45, 2.75) is 115 Å². The summed E-state index contributed by atoms with van der Waals surface area (Å²) in [5.74, 6) is 10.7. The molecule has 6 aromatic carbocycles. The molecular formula is C74H76F2N8O8. The molecule has 10 rings (SSSR count). The van der Waals surface area contributed by atoms with Gasteiger partial charge in [-0.3, -0.25) is 28.8 Å². The molecule has 0 unspecified atom stereocenters. The standard InChI is InChI=1S/C74H76F2N8O8/c1-9-57(77-7)69(87)79-59(71(89)83-43-73(3,4)65-61(83)41-49(67(85)81-65)37-45-23-29-51(75)30-24-45)39-47-27-33-63(55-21-15-13-19-53(47)55)91-35-17-11-12-18-36-92-64-34-28-48(54-20-14-16-22-56(54)64)40-60(80-70(88)58(10-2)78-8)72(90)84-44-74(5,6)66-62(84)42-50(68(86)82-66)38-46-25-31-52(76)32-26-46/h13-16,19-34,41-42,57-60,77-78H,9-10,35-40,43-44H2,1-8H3,(H,79,87)(H,80,88)(H,81,85)(H,82,86)/t57-,58-,59-,60-/m0/s1. The van der Waals surface area contributed by atoms with Crippen LogP contribution in [0.5, 0.6) is 11.5 Å². The number of hydrogen-bond acceptors (Lipinski definition) is 10. The highest BCUT2D eigenvalue weighted by Crippen LogP contribution is 2.42. The van der Waals surface area contributed by atoms with E-state index in [1.54, 1.807) is 60.3 Å². The number of nitrogens with zero attached hydrogens (tertiary/aromatic N) is 2. The summed E-state index contributed by atoms with van der Waals surface area (Å²) in [6.07, 6.45) is 1.71. The molecule has 8 aromatic rings. The van der Waals surface area contributed by atoms with Gasteiger partial charge in [-0.1, -0.05) is 126 Å². The molecule has 2 aliphatic rings. The topological polar surface area (TPSA) is 207 Å². The molecule has 2 aromatic heterocycles. The van der Waals surface area contributed by atoms with Crippen LogP contribution < -0.4 is 51.7 Å². The van der Waals surface area contributed by atoms with Crippen LogP contribution in [0.1, 0.15) is 99.2 Å². The fourth-order valence-corrected chi connectivity index (χ4v) is 12.5. The van der Waals surface area contributed by atoms with Crippen molar-refractivity contribution in [2.24, 2.45) is 0 Å². The van der Waals surface area contributed by atoms with Crippen LogP contribution in [0.3, 0.4) is 0 Å². The van der Waals surface area contributed by atoms with Crippen molar-refractivity contribution < 1.29 is 37.4 Å². The summed E-state index contributed by atoms with van der Waals surface area (Å²) < 4.78 is 40.0. The highest BCUT2D eigenvalue weighted by Gasteiger charge is 2.44. The zero-order valence-electron chi connectivity index (χ0n) is 53.0. The molecule has 0 spiro atoms. The van der Waals surface area contributed by atoms with Gasteiger partial charge in [0.2, 0.25) is 23.6 Å². The molecule has 0 saturated carbocycles. The van der Waals surface area contributed by atoms with Crippen molar-refractivity contribution in [3.8, 4) is 35.2 Å². The minimum atomic E-state index is -1.00. The Balaban J connectivity index is 0.823. The summed E-state index contributed by atoms with van der Waals surface area (Å²) in [7, 11) is 3.40. The van der Waals surface area contributed by atoms with Gasteiger partial charge in [-0.15, -0.1) is 0 Å². The maximum Gasteiger partial charge on any atom is 0.251 e. The molecule has 0 aliphatic carbocycles. The number of nitrogens with one attached hydrogen (secondary N) is 6. The maximum atomic E-state index is 15.0. The van der Waals surface area contributed by atoms with Crippen LogP contribution >= 0.6 is 0 Å². The molecule has 4 atom stereocenters. The molecule has 0 bridgehead atoms. The third kappa shape index (κ3) is 14.3. The quantitative estimate of drug-likeness (QED) is 0.0355. The number of halogens is 2. The van der Waals surface area contributed by atoms with Crippen LogP contribution in [-0.2, 0) is 55.7 Å². The van der Waals surface area contributed by atoms with E-state index in [1.165, 1.54) is 24.3 Å². The molecule has 4 amide bonds. The molecule has 0 radical (unpaired) electrons. The van der Waals surface area contributed by atoms with Crippen molar-refractivity contribution in [3.05, 3.63) is 211 Å². The maximum absolute atomic E-state index is 15.0. The summed E-state index contributed by atoms with van der Waals surface area (Å²) in [4.78, 5) is 94.0. The molecule has 0 saturated heterocycles. The van der Waals surface area contributed by atoms with Gasteiger partial charge in [-0.2, -0.15) is 0 Å². The number of pyridine rings is 2. The third-order valence-corrected chi connectivity index (χ3v) is 17.4.